The third kappa shape index (κ3) is 7.14. The molecule has 8 heteroatoms. The van der Waals surface area contributed by atoms with Gasteiger partial charge in [-0.3, -0.25) is 0 Å². The number of nitrogens with zero attached hydrogens (tertiary/aromatic N) is 1. The Bertz CT molecular complexity index is 842. The summed E-state index contributed by atoms with van der Waals surface area (Å²) < 4.78 is 47.2. The first-order valence-corrected chi connectivity index (χ1v) is 10.6. The van der Waals surface area contributed by atoms with Crippen LogP contribution < -0.4 is 10.2 Å². The number of hydrogen-bond acceptors (Lipinski definition) is 4. The number of hydrogen-bond donors (Lipinski definition) is 2. The first-order valence-electron chi connectivity index (χ1n) is 10.2. The van der Waals surface area contributed by atoms with E-state index in [0.29, 0.717) is 17.2 Å². The van der Waals surface area contributed by atoms with Gasteiger partial charge in [-0.1, -0.05) is 51.8 Å². The highest BCUT2D eigenvalue weighted by molar-refractivity contribution is 6.30. The Kier molecular flexibility index (Phi) is 10.3. The van der Waals surface area contributed by atoms with E-state index in [9.17, 15) is 18.3 Å². The molecule has 2 aromatic rings. The average Bonchev–Trinajstić information content (AvgIpc) is 2.75. The molecule has 2 unspecified atom stereocenters. The van der Waals surface area contributed by atoms with Crippen molar-refractivity contribution in [1.82, 2.24) is 5.43 Å². The third-order valence-corrected chi connectivity index (χ3v) is 5.06. The van der Waals surface area contributed by atoms with Crippen LogP contribution in [0.4, 0.5) is 13.2 Å². The number of alkyl halides is 3. The lowest BCUT2D eigenvalue weighted by Gasteiger charge is -2.36. The van der Waals surface area contributed by atoms with Crippen molar-refractivity contribution in [1.29, 1.82) is 0 Å². The van der Waals surface area contributed by atoms with Crippen LogP contribution in [0.3, 0.4) is 0 Å². The van der Waals surface area contributed by atoms with Crippen LogP contribution in [-0.2, 0) is 11.8 Å². The zero-order valence-corrected chi connectivity index (χ0v) is 19.2. The van der Waals surface area contributed by atoms with Crippen molar-refractivity contribution in [2.75, 3.05) is 6.54 Å². The van der Waals surface area contributed by atoms with E-state index in [0.717, 1.165) is 6.07 Å². The zero-order chi connectivity index (χ0) is 23.7. The molecular weight excluding hydrogens is 429 g/mol. The first-order chi connectivity index (χ1) is 14.6. The van der Waals surface area contributed by atoms with E-state index in [2.05, 4.69) is 10.5 Å². The molecule has 0 heterocycles. The zero-order valence-electron chi connectivity index (χ0n) is 18.4. The van der Waals surface area contributed by atoms with Crippen molar-refractivity contribution in [2.24, 2.45) is 11.0 Å². The summed E-state index contributed by atoms with van der Waals surface area (Å²) in [7, 11) is 0. The minimum Gasteiger partial charge on any atom is -0.457 e. The highest BCUT2D eigenvalue weighted by Gasteiger charge is 2.43. The molecule has 2 N–H and O–H groups in total. The number of benzene rings is 2. The van der Waals surface area contributed by atoms with E-state index in [4.69, 9.17) is 16.3 Å². The summed E-state index contributed by atoms with van der Waals surface area (Å²) in [5.41, 5.74) is -0.307. The molecule has 0 aliphatic carbocycles. The first kappa shape index (κ1) is 26.8. The second-order valence-electron chi connectivity index (χ2n) is 6.72. The van der Waals surface area contributed by atoms with Gasteiger partial charge >= 0.3 is 6.18 Å². The van der Waals surface area contributed by atoms with E-state index in [1.165, 1.54) is 18.3 Å². The molecule has 0 amide bonds. The van der Waals surface area contributed by atoms with Crippen molar-refractivity contribution in [3.8, 4) is 11.5 Å². The van der Waals surface area contributed by atoms with E-state index >= 15 is 0 Å². The molecule has 0 saturated carbocycles. The molecule has 0 fully saturated rings. The highest BCUT2D eigenvalue weighted by Crippen LogP contribution is 2.42. The average molecular weight is 459 g/mol. The fourth-order valence-corrected chi connectivity index (χ4v) is 3.09. The topological polar surface area (TPSA) is 53.9 Å². The van der Waals surface area contributed by atoms with Gasteiger partial charge in [0.05, 0.1) is 12.1 Å². The SMILES string of the molecule is C/C=N\NCC(O)(c1ccc(Oc2ccc(Cl)cc2)cc1C(F)(F)F)C(C)CC.CC. The minimum absolute atomic E-state index is 0.00874. The number of rotatable bonds is 8. The van der Waals surface area contributed by atoms with Gasteiger partial charge in [0.1, 0.15) is 17.1 Å². The fraction of sp³-hybridized carbons (Fsp3) is 0.435. The van der Waals surface area contributed by atoms with Crippen molar-refractivity contribution in [3.63, 3.8) is 0 Å². The maximum Gasteiger partial charge on any atom is 0.416 e. The summed E-state index contributed by atoms with van der Waals surface area (Å²) in [6, 6.07) is 9.86. The fourth-order valence-electron chi connectivity index (χ4n) is 2.97. The van der Waals surface area contributed by atoms with Crippen LogP contribution in [-0.4, -0.2) is 17.9 Å². The molecule has 0 aliphatic heterocycles. The van der Waals surface area contributed by atoms with E-state index in [-0.39, 0.29) is 17.9 Å². The molecule has 4 nitrogen and oxygen atoms in total. The van der Waals surface area contributed by atoms with Gasteiger partial charge in [-0.2, -0.15) is 18.3 Å². The molecular formula is C23H30ClF3N2O2. The summed E-state index contributed by atoms with van der Waals surface area (Å²) in [4.78, 5) is 0. The normalized spacial score (nSPS) is 14.4. The van der Waals surface area contributed by atoms with Crippen LogP contribution in [0, 0.1) is 5.92 Å². The highest BCUT2D eigenvalue weighted by atomic mass is 35.5. The molecule has 0 aromatic heterocycles. The van der Waals surface area contributed by atoms with Crippen LogP contribution in [0.15, 0.2) is 47.6 Å². The molecule has 31 heavy (non-hydrogen) atoms. The summed E-state index contributed by atoms with van der Waals surface area (Å²) in [6.07, 6.45) is -2.73. The van der Waals surface area contributed by atoms with Crippen molar-refractivity contribution < 1.29 is 23.0 Å². The Labute approximate surface area is 187 Å². The second kappa shape index (κ2) is 12.0. The lowest BCUT2D eigenvalue weighted by atomic mass is 9.78. The van der Waals surface area contributed by atoms with Crippen molar-refractivity contribution in [2.45, 2.75) is 52.8 Å². The summed E-state index contributed by atoms with van der Waals surface area (Å²) in [5.74, 6) is -0.0907. The molecule has 172 valence electrons. The molecule has 2 rings (SSSR count). The lowest BCUT2D eigenvalue weighted by Crippen LogP contribution is -2.43. The van der Waals surface area contributed by atoms with Gasteiger partial charge in [0, 0.05) is 11.2 Å². The Hall–Kier alpha value is -2.25. The van der Waals surface area contributed by atoms with Gasteiger partial charge in [-0.15, -0.1) is 0 Å². The van der Waals surface area contributed by atoms with Crippen LogP contribution in [0.1, 0.15) is 52.2 Å². The van der Waals surface area contributed by atoms with Gasteiger partial charge in [-0.05, 0) is 54.8 Å². The lowest BCUT2D eigenvalue weighted by molar-refractivity contribution is -0.142. The number of nitrogens with one attached hydrogen (secondary N) is 1. The quantitative estimate of drug-likeness (QED) is 0.330. The second-order valence-corrected chi connectivity index (χ2v) is 7.15. The van der Waals surface area contributed by atoms with Gasteiger partial charge in [0.25, 0.3) is 0 Å². The number of ether oxygens (including phenoxy) is 1. The summed E-state index contributed by atoms with van der Waals surface area (Å²) >= 11 is 5.82. The molecule has 0 bridgehead atoms. The van der Waals surface area contributed by atoms with Crippen LogP contribution in [0.5, 0.6) is 11.5 Å². The van der Waals surface area contributed by atoms with Gasteiger partial charge in [0.2, 0.25) is 0 Å². The van der Waals surface area contributed by atoms with Gasteiger partial charge in [0.15, 0.2) is 0 Å². The monoisotopic (exact) mass is 458 g/mol. The predicted octanol–water partition coefficient (Wildman–Crippen LogP) is 7.01. The molecule has 2 aromatic carbocycles. The van der Waals surface area contributed by atoms with Crippen molar-refractivity contribution >= 4 is 17.8 Å². The van der Waals surface area contributed by atoms with Crippen LogP contribution >= 0.6 is 11.6 Å². The largest absolute Gasteiger partial charge is 0.457 e. The Morgan fingerprint density at radius 3 is 2.19 bits per heavy atom. The van der Waals surface area contributed by atoms with Crippen molar-refractivity contribution in [3.05, 3.63) is 58.6 Å². The number of aliphatic hydroxyl groups is 1. The molecule has 0 saturated heterocycles. The van der Waals surface area contributed by atoms with E-state index < -0.39 is 23.3 Å². The molecule has 0 aliphatic rings. The van der Waals surface area contributed by atoms with Gasteiger partial charge < -0.3 is 15.3 Å². The summed E-state index contributed by atoms with van der Waals surface area (Å²) in [6.45, 7) is 9.02. The third-order valence-electron chi connectivity index (χ3n) is 4.81. The minimum atomic E-state index is -4.68. The van der Waals surface area contributed by atoms with Crippen LogP contribution in [0.2, 0.25) is 5.02 Å². The predicted molar refractivity (Wildman–Crippen MR) is 120 cm³/mol. The number of hydrazone groups is 1. The Morgan fingerprint density at radius 2 is 1.68 bits per heavy atom. The number of halogens is 4. The Morgan fingerprint density at radius 1 is 1.10 bits per heavy atom. The Balaban J connectivity index is 0.00000233. The van der Waals surface area contributed by atoms with Gasteiger partial charge in [-0.25, -0.2) is 0 Å². The molecule has 0 spiro atoms. The smallest absolute Gasteiger partial charge is 0.416 e. The maximum atomic E-state index is 13.9. The standard InChI is InChI=1S/C21H24ClF3N2O2.C2H6/c1-4-14(3)20(28,13-27-26-5-2)18-11-10-17(12-19(18)21(23,24)25)29-16-8-6-15(22)7-9-16;1-2/h5-12,14,27-28H,4,13H2,1-3H3;1-2H3/b26-5-;. The molecule has 0 radical (unpaired) electrons. The maximum absolute atomic E-state index is 13.9. The summed E-state index contributed by atoms with van der Waals surface area (Å²) in [5, 5.41) is 15.6. The van der Waals surface area contributed by atoms with E-state index in [1.54, 1.807) is 38.1 Å². The van der Waals surface area contributed by atoms with E-state index in [1.807, 2.05) is 20.8 Å². The van der Waals surface area contributed by atoms with Crippen LogP contribution in [0.25, 0.3) is 0 Å². The molecule has 2 atom stereocenters.